The Kier molecular flexibility index (Phi) is 6.60. The van der Waals surface area contributed by atoms with Crippen LogP contribution in [0.4, 0.5) is 19.0 Å². The first-order chi connectivity index (χ1) is 16.2. The summed E-state index contributed by atoms with van der Waals surface area (Å²) in [5.74, 6) is 0.104. The van der Waals surface area contributed by atoms with Crippen LogP contribution in [0.25, 0.3) is 0 Å². The molecule has 0 aliphatic carbocycles. The summed E-state index contributed by atoms with van der Waals surface area (Å²) in [5.41, 5.74) is 1.10. The Bertz CT molecular complexity index is 1180. The number of halogens is 4. The maximum absolute atomic E-state index is 14.0. The number of benzene rings is 2. The Balaban J connectivity index is 1.65. The van der Waals surface area contributed by atoms with E-state index in [9.17, 15) is 18.0 Å². The van der Waals surface area contributed by atoms with Gasteiger partial charge < -0.3 is 20.1 Å². The maximum Gasteiger partial charge on any atom is 0.410 e. The summed E-state index contributed by atoms with van der Waals surface area (Å²) in [4.78, 5) is 12.7. The van der Waals surface area contributed by atoms with Gasteiger partial charge in [-0.15, -0.1) is 0 Å². The molecule has 0 spiro atoms. The minimum Gasteiger partial charge on any atom is -0.493 e. The van der Waals surface area contributed by atoms with Gasteiger partial charge in [0.2, 0.25) is 0 Å². The Labute approximate surface area is 198 Å². The van der Waals surface area contributed by atoms with Gasteiger partial charge in [-0.05, 0) is 23.3 Å². The van der Waals surface area contributed by atoms with Crippen LogP contribution in [0.1, 0.15) is 40.1 Å². The van der Waals surface area contributed by atoms with Crippen molar-refractivity contribution >= 4 is 23.3 Å². The highest BCUT2D eigenvalue weighted by Gasteiger charge is 2.48. The number of hydrogen-bond acceptors (Lipinski definition) is 5. The van der Waals surface area contributed by atoms with E-state index >= 15 is 0 Å². The van der Waals surface area contributed by atoms with Gasteiger partial charge in [0.05, 0.1) is 20.3 Å². The number of amides is 1. The standard InChI is InChI=1S/C23H22ClF3N4O3/c1-33-16-9-8-14(10-17(16)34-2)15-11-18(23(25,26)27)31-21(29-15)19(24)20(30-31)22(32)28-12-13-6-4-3-5-7-13/h3-10,15,18,29H,11-12H2,1-2H3,(H,28,32)/t15-,18+/m0/s1. The van der Waals surface area contributed by atoms with Crippen molar-refractivity contribution in [3.05, 3.63) is 70.4 Å². The molecule has 0 radical (unpaired) electrons. The van der Waals surface area contributed by atoms with E-state index in [2.05, 4.69) is 15.7 Å². The van der Waals surface area contributed by atoms with Crippen molar-refractivity contribution in [2.24, 2.45) is 0 Å². The van der Waals surface area contributed by atoms with Gasteiger partial charge in [0, 0.05) is 13.0 Å². The van der Waals surface area contributed by atoms with Gasteiger partial charge in [0.25, 0.3) is 5.91 Å². The number of hydrogen-bond donors (Lipinski definition) is 2. The molecule has 7 nitrogen and oxygen atoms in total. The SMILES string of the molecule is COc1ccc([C@@H]2C[C@H](C(F)(F)F)n3nc(C(=O)NCc4ccccc4)c(Cl)c3N2)cc1OC. The van der Waals surface area contributed by atoms with E-state index in [1.807, 2.05) is 30.3 Å². The third-order valence-corrected chi connectivity index (χ3v) is 5.97. The molecule has 1 aliphatic heterocycles. The van der Waals surface area contributed by atoms with Gasteiger partial charge in [-0.1, -0.05) is 48.0 Å². The van der Waals surface area contributed by atoms with Gasteiger partial charge in [0.1, 0.15) is 10.8 Å². The first-order valence-corrected chi connectivity index (χ1v) is 10.8. The average Bonchev–Trinajstić information content (AvgIpc) is 3.17. The number of methoxy groups -OCH3 is 2. The molecule has 2 atom stereocenters. The lowest BCUT2D eigenvalue weighted by molar-refractivity contribution is -0.173. The van der Waals surface area contributed by atoms with Crippen molar-refractivity contribution in [2.75, 3.05) is 19.5 Å². The van der Waals surface area contributed by atoms with Crippen LogP contribution in [-0.4, -0.2) is 36.1 Å². The van der Waals surface area contributed by atoms with Crippen molar-refractivity contribution in [1.82, 2.24) is 15.1 Å². The van der Waals surface area contributed by atoms with Crippen LogP contribution in [0.5, 0.6) is 11.5 Å². The van der Waals surface area contributed by atoms with E-state index in [4.69, 9.17) is 21.1 Å². The zero-order valence-corrected chi connectivity index (χ0v) is 19.1. The fourth-order valence-electron chi connectivity index (χ4n) is 3.88. The number of rotatable bonds is 6. The fraction of sp³-hybridized carbons (Fsp3) is 0.304. The predicted molar refractivity (Wildman–Crippen MR) is 120 cm³/mol. The third-order valence-electron chi connectivity index (χ3n) is 5.62. The van der Waals surface area contributed by atoms with Crippen molar-refractivity contribution in [2.45, 2.75) is 31.2 Å². The third kappa shape index (κ3) is 4.63. The second kappa shape index (κ2) is 9.46. The van der Waals surface area contributed by atoms with Crippen LogP contribution in [0.15, 0.2) is 48.5 Å². The van der Waals surface area contributed by atoms with E-state index in [-0.39, 0.29) is 29.5 Å². The lowest BCUT2D eigenvalue weighted by Gasteiger charge is -2.33. The van der Waals surface area contributed by atoms with E-state index in [0.717, 1.165) is 10.2 Å². The van der Waals surface area contributed by atoms with Crippen LogP contribution in [0.2, 0.25) is 5.02 Å². The molecule has 2 heterocycles. The van der Waals surface area contributed by atoms with Crippen molar-refractivity contribution in [3.8, 4) is 11.5 Å². The highest BCUT2D eigenvalue weighted by atomic mass is 35.5. The van der Waals surface area contributed by atoms with E-state index in [1.165, 1.54) is 14.2 Å². The molecule has 2 aromatic carbocycles. The second-order valence-electron chi connectivity index (χ2n) is 7.73. The zero-order chi connectivity index (χ0) is 24.5. The van der Waals surface area contributed by atoms with Crippen LogP contribution in [-0.2, 0) is 6.54 Å². The molecule has 0 fully saturated rings. The number of carbonyl (C=O) groups excluding carboxylic acids is 1. The number of nitrogens with zero attached hydrogens (tertiary/aromatic N) is 2. The topological polar surface area (TPSA) is 77.4 Å². The Morgan fingerprint density at radius 3 is 2.53 bits per heavy atom. The van der Waals surface area contributed by atoms with Crippen LogP contribution >= 0.6 is 11.6 Å². The van der Waals surface area contributed by atoms with Crippen molar-refractivity contribution in [3.63, 3.8) is 0 Å². The monoisotopic (exact) mass is 494 g/mol. The molecule has 11 heteroatoms. The number of nitrogens with one attached hydrogen (secondary N) is 2. The summed E-state index contributed by atoms with van der Waals surface area (Å²) in [6.07, 6.45) is -4.96. The van der Waals surface area contributed by atoms with Gasteiger partial charge in [-0.3, -0.25) is 4.79 Å². The molecule has 0 saturated carbocycles. The number of ether oxygens (including phenoxy) is 2. The molecule has 2 N–H and O–H groups in total. The normalized spacial score (nSPS) is 17.5. The first kappa shape index (κ1) is 23.7. The first-order valence-electron chi connectivity index (χ1n) is 10.4. The molecule has 1 aromatic heterocycles. The molecule has 3 aromatic rings. The molecule has 4 rings (SSSR count). The van der Waals surface area contributed by atoms with Crippen LogP contribution in [0, 0.1) is 0 Å². The fourth-order valence-corrected chi connectivity index (χ4v) is 4.15. The Hall–Kier alpha value is -3.40. The van der Waals surface area contributed by atoms with Gasteiger partial charge in [0.15, 0.2) is 23.2 Å². The highest BCUT2D eigenvalue weighted by Crippen LogP contribution is 2.47. The lowest BCUT2D eigenvalue weighted by atomic mass is 9.96. The smallest absolute Gasteiger partial charge is 0.410 e. The number of carbonyl (C=O) groups is 1. The number of fused-ring (bicyclic) bond motifs is 1. The molecule has 34 heavy (non-hydrogen) atoms. The van der Waals surface area contributed by atoms with E-state index in [0.29, 0.717) is 17.1 Å². The van der Waals surface area contributed by atoms with E-state index < -0.39 is 24.2 Å². The quantitative estimate of drug-likeness (QED) is 0.496. The summed E-state index contributed by atoms with van der Waals surface area (Å²) >= 11 is 6.37. The Morgan fingerprint density at radius 2 is 1.88 bits per heavy atom. The average molecular weight is 495 g/mol. The number of alkyl halides is 3. The minimum absolute atomic E-state index is 0.0695. The zero-order valence-electron chi connectivity index (χ0n) is 18.3. The van der Waals surface area contributed by atoms with Gasteiger partial charge >= 0.3 is 6.18 Å². The summed E-state index contributed by atoms with van der Waals surface area (Å²) < 4.78 is 53.3. The van der Waals surface area contributed by atoms with E-state index in [1.54, 1.807) is 18.2 Å². The molecule has 0 unspecified atom stereocenters. The molecule has 180 valence electrons. The van der Waals surface area contributed by atoms with Crippen molar-refractivity contribution in [1.29, 1.82) is 0 Å². The van der Waals surface area contributed by atoms with Gasteiger partial charge in [-0.25, -0.2) is 4.68 Å². The summed E-state index contributed by atoms with van der Waals surface area (Å²) in [6.45, 7) is 0.183. The predicted octanol–water partition coefficient (Wildman–Crippen LogP) is 5.14. The van der Waals surface area contributed by atoms with Crippen LogP contribution in [0.3, 0.4) is 0 Å². The van der Waals surface area contributed by atoms with Gasteiger partial charge in [-0.2, -0.15) is 18.3 Å². The maximum atomic E-state index is 14.0. The molecular formula is C23H22ClF3N4O3. The Morgan fingerprint density at radius 1 is 1.18 bits per heavy atom. The summed E-state index contributed by atoms with van der Waals surface area (Å²) in [7, 11) is 2.92. The molecule has 1 aliphatic rings. The number of anilines is 1. The van der Waals surface area contributed by atoms with Crippen LogP contribution < -0.4 is 20.1 Å². The summed E-state index contributed by atoms with van der Waals surface area (Å²) in [5, 5.41) is 9.43. The molecule has 1 amide bonds. The highest BCUT2D eigenvalue weighted by molar-refractivity contribution is 6.36. The summed E-state index contributed by atoms with van der Waals surface area (Å²) in [6, 6.07) is 11.2. The number of aromatic nitrogens is 2. The largest absolute Gasteiger partial charge is 0.493 e. The molecule has 0 bridgehead atoms. The lowest BCUT2D eigenvalue weighted by Crippen LogP contribution is -2.36. The minimum atomic E-state index is -4.61. The van der Waals surface area contributed by atoms with Crippen molar-refractivity contribution < 1.29 is 27.4 Å². The molecule has 0 saturated heterocycles. The molecular weight excluding hydrogens is 473 g/mol. The second-order valence-corrected chi connectivity index (χ2v) is 8.11.